The highest BCUT2D eigenvalue weighted by atomic mass is 19.1. The van der Waals surface area contributed by atoms with Crippen LogP contribution in [-0.4, -0.2) is 71.5 Å². The number of aromatic nitrogens is 2. The van der Waals surface area contributed by atoms with Crippen LogP contribution in [0.25, 0.3) is 0 Å². The fraction of sp³-hybridized carbons (Fsp3) is 0.476. The highest BCUT2D eigenvalue weighted by molar-refractivity contribution is 5.78. The van der Waals surface area contributed by atoms with Crippen LogP contribution in [-0.2, 0) is 4.79 Å². The van der Waals surface area contributed by atoms with Gasteiger partial charge in [0.05, 0.1) is 10.6 Å². The smallest absolute Gasteiger partial charge is 0.353 e. The Labute approximate surface area is 185 Å². The number of carbonyl (C=O) groups excluding carboxylic acids is 1. The summed E-state index contributed by atoms with van der Waals surface area (Å²) in [5.41, 5.74) is 0.368. The van der Waals surface area contributed by atoms with E-state index < -0.39 is 4.92 Å². The number of amides is 1. The first-order valence-electron chi connectivity index (χ1n) is 10.8. The molecule has 0 aliphatic carbocycles. The summed E-state index contributed by atoms with van der Waals surface area (Å²) in [6.07, 6.45) is 3.47. The summed E-state index contributed by atoms with van der Waals surface area (Å²) in [4.78, 5) is 36.9. The standard InChI is InChI=1S/C21H26FN7O3/c22-16-5-1-2-6-17(16)26-11-13-28(14-12-26)21-19(29(31)32)20(24-15-25-21)23-8-4-10-27-9-3-7-18(27)30/h1-2,5-6,15H,3-4,7-14H2,(H,23,24,25). The van der Waals surface area contributed by atoms with Crippen LogP contribution >= 0.6 is 0 Å². The van der Waals surface area contributed by atoms with Gasteiger partial charge in [0.25, 0.3) is 0 Å². The largest absolute Gasteiger partial charge is 0.366 e. The predicted molar refractivity (Wildman–Crippen MR) is 118 cm³/mol. The number of nitro groups is 1. The fourth-order valence-electron chi connectivity index (χ4n) is 4.18. The molecular weight excluding hydrogens is 417 g/mol. The highest BCUT2D eigenvalue weighted by Crippen LogP contribution is 2.33. The number of para-hydroxylation sites is 1. The van der Waals surface area contributed by atoms with Gasteiger partial charge in [-0.15, -0.1) is 0 Å². The SMILES string of the molecule is O=C1CCCN1CCCNc1ncnc(N2CCN(c3ccccc3F)CC2)c1[N+](=O)[O-]. The minimum atomic E-state index is -0.467. The van der Waals surface area contributed by atoms with Crippen LogP contribution in [0.5, 0.6) is 0 Å². The zero-order chi connectivity index (χ0) is 22.5. The topological polar surface area (TPSA) is 108 Å². The first-order chi connectivity index (χ1) is 15.5. The lowest BCUT2D eigenvalue weighted by Crippen LogP contribution is -2.47. The quantitative estimate of drug-likeness (QED) is 0.376. The average Bonchev–Trinajstić information content (AvgIpc) is 3.21. The van der Waals surface area contributed by atoms with E-state index in [2.05, 4.69) is 15.3 Å². The van der Waals surface area contributed by atoms with Crippen LogP contribution in [0.2, 0.25) is 0 Å². The Morgan fingerprint density at radius 2 is 1.84 bits per heavy atom. The summed E-state index contributed by atoms with van der Waals surface area (Å²) >= 11 is 0. The Bertz CT molecular complexity index is 982. The van der Waals surface area contributed by atoms with E-state index in [9.17, 15) is 19.3 Å². The lowest BCUT2D eigenvalue weighted by Gasteiger charge is -2.36. The maximum atomic E-state index is 14.1. The summed E-state index contributed by atoms with van der Waals surface area (Å²) in [7, 11) is 0. The number of carbonyl (C=O) groups is 1. The minimum Gasteiger partial charge on any atom is -0.366 e. The van der Waals surface area contributed by atoms with Gasteiger partial charge in [-0.05, 0) is 25.0 Å². The molecule has 0 unspecified atom stereocenters. The van der Waals surface area contributed by atoms with Crippen LogP contribution in [0.3, 0.4) is 0 Å². The molecule has 4 rings (SSSR count). The molecule has 2 fully saturated rings. The van der Waals surface area contributed by atoms with Gasteiger partial charge >= 0.3 is 5.69 Å². The van der Waals surface area contributed by atoms with Crippen LogP contribution in [0.4, 0.5) is 27.4 Å². The fourth-order valence-corrected chi connectivity index (χ4v) is 4.18. The van der Waals surface area contributed by atoms with Crippen LogP contribution < -0.4 is 15.1 Å². The molecule has 0 saturated carbocycles. The van der Waals surface area contributed by atoms with Crippen molar-refractivity contribution < 1.29 is 14.1 Å². The summed E-state index contributed by atoms with van der Waals surface area (Å²) in [6.45, 7) is 3.85. The molecule has 0 radical (unpaired) electrons. The molecule has 2 aromatic rings. The van der Waals surface area contributed by atoms with Gasteiger partial charge in [-0.25, -0.2) is 14.4 Å². The van der Waals surface area contributed by atoms with Gasteiger partial charge < -0.3 is 20.0 Å². The van der Waals surface area contributed by atoms with E-state index in [0.29, 0.717) is 57.8 Å². The Kier molecular flexibility index (Phi) is 6.62. The molecule has 0 bridgehead atoms. The number of anilines is 3. The monoisotopic (exact) mass is 443 g/mol. The van der Waals surface area contributed by atoms with Gasteiger partial charge in [-0.2, -0.15) is 0 Å². The molecule has 2 aliphatic heterocycles. The van der Waals surface area contributed by atoms with Gasteiger partial charge in [-0.3, -0.25) is 14.9 Å². The second kappa shape index (κ2) is 9.75. The molecule has 2 saturated heterocycles. The van der Waals surface area contributed by atoms with E-state index in [1.165, 1.54) is 12.4 Å². The van der Waals surface area contributed by atoms with E-state index in [4.69, 9.17) is 0 Å². The number of halogens is 1. The third-order valence-electron chi connectivity index (χ3n) is 5.83. The lowest BCUT2D eigenvalue weighted by molar-refractivity contribution is -0.383. The summed E-state index contributed by atoms with van der Waals surface area (Å²) in [5, 5.41) is 14.9. The summed E-state index contributed by atoms with van der Waals surface area (Å²) in [5.74, 6) is 0.311. The molecule has 3 heterocycles. The third-order valence-corrected chi connectivity index (χ3v) is 5.83. The van der Waals surface area contributed by atoms with Gasteiger partial charge in [0.1, 0.15) is 12.1 Å². The summed E-state index contributed by atoms with van der Waals surface area (Å²) < 4.78 is 14.1. The molecular formula is C21H26FN7O3. The number of nitrogens with zero attached hydrogens (tertiary/aromatic N) is 6. The normalized spacial score (nSPS) is 16.5. The molecule has 1 aromatic carbocycles. The minimum absolute atomic E-state index is 0.162. The first-order valence-corrected chi connectivity index (χ1v) is 10.8. The number of piperazine rings is 1. The van der Waals surface area contributed by atoms with Crippen molar-refractivity contribution >= 4 is 28.9 Å². The number of likely N-dealkylation sites (tertiary alicyclic amines) is 1. The average molecular weight is 443 g/mol. The number of nitrogens with one attached hydrogen (secondary N) is 1. The van der Waals surface area contributed by atoms with Crippen LogP contribution in [0, 0.1) is 15.9 Å². The number of hydrogen-bond donors (Lipinski definition) is 1. The van der Waals surface area contributed by atoms with Crippen molar-refractivity contribution in [3.8, 4) is 0 Å². The van der Waals surface area contributed by atoms with Crippen molar-refractivity contribution in [2.24, 2.45) is 0 Å². The maximum absolute atomic E-state index is 14.1. The molecule has 1 amide bonds. The molecule has 2 aliphatic rings. The van der Waals surface area contributed by atoms with E-state index >= 15 is 0 Å². The van der Waals surface area contributed by atoms with Gasteiger partial charge in [0.15, 0.2) is 0 Å². The van der Waals surface area contributed by atoms with E-state index in [1.807, 2.05) is 14.7 Å². The molecule has 1 N–H and O–H groups in total. The molecule has 170 valence electrons. The van der Waals surface area contributed by atoms with E-state index in [1.54, 1.807) is 18.2 Å². The number of rotatable bonds is 8. The van der Waals surface area contributed by atoms with E-state index in [0.717, 1.165) is 13.0 Å². The van der Waals surface area contributed by atoms with Gasteiger partial charge in [-0.1, -0.05) is 12.1 Å². The molecule has 0 spiro atoms. The predicted octanol–water partition coefficient (Wildman–Crippen LogP) is 2.27. The zero-order valence-corrected chi connectivity index (χ0v) is 17.7. The van der Waals surface area contributed by atoms with E-state index in [-0.39, 0.29) is 29.0 Å². The Balaban J connectivity index is 1.40. The van der Waals surface area contributed by atoms with Crippen molar-refractivity contribution in [2.45, 2.75) is 19.3 Å². The number of benzene rings is 1. The summed E-state index contributed by atoms with van der Waals surface area (Å²) in [6, 6.07) is 6.60. The number of hydrogen-bond acceptors (Lipinski definition) is 8. The Morgan fingerprint density at radius 3 is 2.53 bits per heavy atom. The zero-order valence-electron chi connectivity index (χ0n) is 17.7. The Morgan fingerprint density at radius 1 is 1.09 bits per heavy atom. The second-order valence-corrected chi connectivity index (χ2v) is 7.84. The lowest BCUT2D eigenvalue weighted by atomic mass is 10.2. The van der Waals surface area contributed by atoms with Crippen molar-refractivity contribution in [3.63, 3.8) is 0 Å². The van der Waals surface area contributed by atoms with Crippen LogP contribution in [0.15, 0.2) is 30.6 Å². The van der Waals surface area contributed by atoms with Crippen molar-refractivity contribution in [3.05, 3.63) is 46.5 Å². The Hall–Kier alpha value is -3.50. The van der Waals surface area contributed by atoms with Crippen molar-refractivity contribution in [1.82, 2.24) is 14.9 Å². The molecule has 0 atom stereocenters. The van der Waals surface area contributed by atoms with Crippen molar-refractivity contribution in [2.75, 3.05) is 60.9 Å². The molecule has 1 aromatic heterocycles. The second-order valence-electron chi connectivity index (χ2n) is 7.84. The van der Waals surface area contributed by atoms with Crippen molar-refractivity contribution in [1.29, 1.82) is 0 Å². The highest BCUT2D eigenvalue weighted by Gasteiger charge is 2.29. The molecule has 32 heavy (non-hydrogen) atoms. The third kappa shape index (κ3) is 4.71. The maximum Gasteiger partial charge on any atom is 0.353 e. The van der Waals surface area contributed by atoms with Crippen LogP contribution in [0.1, 0.15) is 19.3 Å². The molecule has 11 heteroatoms. The first kappa shape index (κ1) is 21.7. The van der Waals surface area contributed by atoms with Gasteiger partial charge in [0.2, 0.25) is 17.5 Å². The molecule has 10 nitrogen and oxygen atoms in total. The van der Waals surface area contributed by atoms with Gasteiger partial charge in [0, 0.05) is 52.2 Å².